The Morgan fingerprint density at radius 1 is 1.67 bits per heavy atom. The Labute approximate surface area is 89.9 Å². The largest absolute Gasteiger partial charge is 0.466 e. The molecule has 0 radical (unpaired) electrons. The van der Waals surface area contributed by atoms with E-state index in [0.717, 1.165) is 6.54 Å². The quantitative estimate of drug-likeness (QED) is 0.516. The second kappa shape index (κ2) is 4.96. The molecule has 0 bridgehead atoms. The maximum absolute atomic E-state index is 11.4. The van der Waals surface area contributed by atoms with E-state index >= 15 is 0 Å². The molecule has 0 aliphatic carbocycles. The summed E-state index contributed by atoms with van der Waals surface area (Å²) in [6.45, 7) is 5.03. The Morgan fingerprint density at radius 2 is 2.33 bits per heavy atom. The Bertz CT molecular complexity index is 296. The van der Waals surface area contributed by atoms with Gasteiger partial charge in [0.1, 0.15) is 0 Å². The summed E-state index contributed by atoms with van der Waals surface area (Å²) in [4.78, 5) is 24.2. The van der Waals surface area contributed by atoms with Crippen LogP contribution >= 0.6 is 0 Å². The fraction of sp³-hybridized carbons (Fsp3) is 0.636. The van der Waals surface area contributed by atoms with E-state index in [-0.39, 0.29) is 11.9 Å². The number of amides is 1. The molecule has 4 nitrogen and oxygen atoms in total. The van der Waals surface area contributed by atoms with Gasteiger partial charge in [-0.2, -0.15) is 0 Å². The molecule has 15 heavy (non-hydrogen) atoms. The topological polar surface area (TPSA) is 46.6 Å². The van der Waals surface area contributed by atoms with Gasteiger partial charge in [-0.05, 0) is 12.8 Å². The summed E-state index contributed by atoms with van der Waals surface area (Å²) in [6.07, 6.45) is 2.35. The van der Waals surface area contributed by atoms with Gasteiger partial charge in [0.2, 0.25) is 5.91 Å². The van der Waals surface area contributed by atoms with Gasteiger partial charge in [-0.3, -0.25) is 4.79 Å². The molecule has 0 saturated carbocycles. The first-order chi connectivity index (χ1) is 7.04. The molecule has 4 heteroatoms. The standard InChI is InChI=1S/C11H17NO3/c1-8-6-10(13)12(7-8)5-4-9(2)11(14)15-3/h4,8H,5-7H2,1-3H3. The number of methoxy groups -OCH3 is 1. The third-order valence-corrected chi connectivity index (χ3v) is 2.53. The molecule has 1 heterocycles. The maximum Gasteiger partial charge on any atom is 0.333 e. The summed E-state index contributed by atoms with van der Waals surface area (Å²) in [5.74, 6) is 0.246. The van der Waals surface area contributed by atoms with Gasteiger partial charge in [0.25, 0.3) is 0 Å². The number of ether oxygens (including phenoxy) is 1. The van der Waals surface area contributed by atoms with E-state index in [1.165, 1.54) is 7.11 Å². The molecular formula is C11H17NO3. The van der Waals surface area contributed by atoms with Crippen molar-refractivity contribution in [1.29, 1.82) is 0 Å². The number of nitrogens with zero attached hydrogens (tertiary/aromatic N) is 1. The van der Waals surface area contributed by atoms with Crippen LogP contribution in [0.2, 0.25) is 0 Å². The normalized spacial score (nSPS) is 22.1. The molecule has 1 saturated heterocycles. The molecule has 1 aliphatic heterocycles. The summed E-state index contributed by atoms with van der Waals surface area (Å²) < 4.78 is 4.56. The van der Waals surface area contributed by atoms with Crippen LogP contribution in [0.25, 0.3) is 0 Å². The molecule has 0 N–H and O–H groups in total. The third-order valence-electron chi connectivity index (χ3n) is 2.53. The lowest BCUT2D eigenvalue weighted by molar-refractivity contribution is -0.136. The summed E-state index contributed by atoms with van der Waals surface area (Å²) in [5, 5.41) is 0. The zero-order valence-corrected chi connectivity index (χ0v) is 9.45. The van der Waals surface area contributed by atoms with E-state index in [2.05, 4.69) is 11.7 Å². The first-order valence-corrected chi connectivity index (χ1v) is 5.07. The first-order valence-electron chi connectivity index (χ1n) is 5.07. The van der Waals surface area contributed by atoms with E-state index in [1.54, 1.807) is 17.9 Å². The zero-order chi connectivity index (χ0) is 11.4. The van der Waals surface area contributed by atoms with Crippen LogP contribution in [0, 0.1) is 5.92 Å². The lowest BCUT2D eigenvalue weighted by atomic mass is 10.2. The summed E-state index contributed by atoms with van der Waals surface area (Å²) in [6, 6.07) is 0. The highest BCUT2D eigenvalue weighted by Gasteiger charge is 2.25. The number of rotatable bonds is 3. The predicted molar refractivity (Wildman–Crippen MR) is 56.1 cm³/mol. The number of hydrogen-bond acceptors (Lipinski definition) is 3. The smallest absolute Gasteiger partial charge is 0.333 e. The molecule has 84 valence electrons. The Kier molecular flexibility index (Phi) is 3.88. The van der Waals surface area contributed by atoms with Crippen LogP contribution in [0.1, 0.15) is 20.3 Å². The molecule has 1 atom stereocenters. The van der Waals surface area contributed by atoms with Crippen molar-refractivity contribution in [3.63, 3.8) is 0 Å². The van der Waals surface area contributed by atoms with Gasteiger partial charge in [0.15, 0.2) is 0 Å². The number of esters is 1. The Hall–Kier alpha value is -1.32. The van der Waals surface area contributed by atoms with Gasteiger partial charge in [0, 0.05) is 25.1 Å². The molecule has 0 aromatic carbocycles. The minimum absolute atomic E-state index is 0.163. The molecule has 0 aromatic heterocycles. The van der Waals surface area contributed by atoms with Gasteiger partial charge >= 0.3 is 5.97 Å². The molecule has 0 spiro atoms. The second-order valence-corrected chi connectivity index (χ2v) is 3.99. The highest BCUT2D eigenvalue weighted by atomic mass is 16.5. The molecule has 1 aliphatic rings. The fourth-order valence-corrected chi connectivity index (χ4v) is 1.64. The molecule has 1 fully saturated rings. The number of likely N-dealkylation sites (tertiary alicyclic amines) is 1. The lowest BCUT2D eigenvalue weighted by Gasteiger charge is -2.13. The van der Waals surface area contributed by atoms with Crippen LogP contribution in [0.5, 0.6) is 0 Å². The first kappa shape index (κ1) is 11.8. The molecular weight excluding hydrogens is 194 g/mol. The zero-order valence-electron chi connectivity index (χ0n) is 9.45. The van der Waals surface area contributed by atoms with Gasteiger partial charge in [-0.15, -0.1) is 0 Å². The second-order valence-electron chi connectivity index (χ2n) is 3.99. The van der Waals surface area contributed by atoms with Crippen molar-refractivity contribution in [2.75, 3.05) is 20.2 Å². The van der Waals surface area contributed by atoms with Gasteiger partial charge in [-0.25, -0.2) is 4.79 Å². The number of carbonyl (C=O) groups is 2. The highest BCUT2D eigenvalue weighted by molar-refractivity contribution is 5.87. The van der Waals surface area contributed by atoms with Gasteiger partial charge in [0.05, 0.1) is 7.11 Å². The van der Waals surface area contributed by atoms with Crippen LogP contribution in [-0.4, -0.2) is 37.0 Å². The minimum Gasteiger partial charge on any atom is -0.466 e. The van der Waals surface area contributed by atoms with Crippen LogP contribution in [0.3, 0.4) is 0 Å². The molecule has 1 rings (SSSR count). The van der Waals surface area contributed by atoms with E-state index in [1.807, 2.05) is 0 Å². The van der Waals surface area contributed by atoms with E-state index in [0.29, 0.717) is 24.5 Å². The average molecular weight is 211 g/mol. The average Bonchev–Trinajstić information content (AvgIpc) is 2.52. The molecule has 1 unspecified atom stereocenters. The number of carbonyl (C=O) groups excluding carboxylic acids is 2. The summed E-state index contributed by atoms with van der Waals surface area (Å²) in [5.41, 5.74) is 0.546. The summed E-state index contributed by atoms with van der Waals surface area (Å²) >= 11 is 0. The van der Waals surface area contributed by atoms with Crippen molar-refractivity contribution in [2.24, 2.45) is 5.92 Å². The summed E-state index contributed by atoms with van der Waals surface area (Å²) in [7, 11) is 1.35. The SMILES string of the molecule is COC(=O)C(C)=CCN1CC(C)CC1=O. The highest BCUT2D eigenvalue weighted by Crippen LogP contribution is 2.16. The number of hydrogen-bond donors (Lipinski definition) is 0. The van der Waals surface area contributed by atoms with Gasteiger partial charge in [-0.1, -0.05) is 13.0 Å². The minimum atomic E-state index is -0.338. The lowest BCUT2D eigenvalue weighted by Crippen LogP contribution is -2.25. The van der Waals surface area contributed by atoms with Crippen LogP contribution in [0.4, 0.5) is 0 Å². The van der Waals surface area contributed by atoms with E-state index in [4.69, 9.17) is 0 Å². The molecule has 0 aromatic rings. The van der Waals surface area contributed by atoms with E-state index in [9.17, 15) is 9.59 Å². The van der Waals surface area contributed by atoms with Gasteiger partial charge < -0.3 is 9.64 Å². The van der Waals surface area contributed by atoms with E-state index < -0.39 is 0 Å². The predicted octanol–water partition coefficient (Wildman–Crippen LogP) is 0.974. The van der Waals surface area contributed by atoms with Crippen LogP contribution in [0.15, 0.2) is 11.6 Å². The Morgan fingerprint density at radius 3 is 2.80 bits per heavy atom. The maximum atomic E-state index is 11.4. The molecule has 1 amide bonds. The van der Waals surface area contributed by atoms with Crippen molar-refractivity contribution in [3.05, 3.63) is 11.6 Å². The van der Waals surface area contributed by atoms with Crippen LogP contribution in [-0.2, 0) is 14.3 Å². The van der Waals surface area contributed by atoms with Crippen LogP contribution < -0.4 is 0 Å². The van der Waals surface area contributed by atoms with Crippen molar-refractivity contribution in [3.8, 4) is 0 Å². The van der Waals surface area contributed by atoms with Crippen molar-refractivity contribution < 1.29 is 14.3 Å². The Balaban J connectivity index is 2.49. The van der Waals surface area contributed by atoms with Crippen molar-refractivity contribution in [2.45, 2.75) is 20.3 Å². The van der Waals surface area contributed by atoms with Crippen molar-refractivity contribution in [1.82, 2.24) is 4.90 Å². The monoisotopic (exact) mass is 211 g/mol. The third kappa shape index (κ3) is 3.08. The fourth-order valence-electron chi connectivity index (χ4n) is 1.64. The van der Waals surface area contributed by atoms with Crippen molar-refractivity contribution >= 4 is 11.9 Å².